The lowest BCUT2D eigenvalue weighted by molar-refractivity contribution is 1.16. The van der Waals surface area contributed by atoms with Crippen molar-refractivity contribution in [3.8, 4) is 22.7 Å². The number of aryl methyl sites for hydroxylation is 6. The number of aromatic nitrogens is 4. The summed E-state index contributed by atoms with van der Waals surface area (Å²) in [4.78, 5) is 0. The lowest BCUT2D eigenvalue weighted by Crippen LogP contribution is -1.96. The van der Waals surface area contributed by atoms with Gasteiger partial charge < -0.3 is 18.3 Å². The standard InChI is InChI=1S/C60H46N4/c1-35-7-16-41(17-8-35)61-52-24-13-39(5)30-47(52)49-33-58-50(34-57(49)61)48-32-44(22-27-53(48)62(58)42-18-9-36(2)10-19-42)63-55-26-15-40(6)31-51(55)59-56(63)28-23-45-46-29-38(4)14-25-54(46)64(60(45)59)43-20-11-37(3)12-21-43/h7-34H,1-6H3. The van der Waals surface area contributed by atoms with Crippen molar-refractivity contribution in [2.45, 2.75) is 41.5 Å². The molecule has 13 rings (SSSR count). The van der Waals surface area contributed by atoms with Crippen LogP contribution in [0.4, 0.5) is 0 Å². The third-order valence-corrected chi connectivity index (χ3v) is 13.9. The number of nitrogens with zero attached hydrogens (tertiary/aromatic N) is 4. The van der Waals surface area contributed by atoms with Crippen LogP contribution in [-0.2, 0) is 0 Å². The van der Waals surface area contributed by atoms with E-state index in [0.29, 0.717) is 0 Å². The first-order valence-corrected chi connectivity index (χ1v) is 22.4. The molecule has 0 amide bonds. The zero-order valence-electron chi connectivity index (χ0n) is 37.0. The number of benzene rings is 9. The van der Waals surface area contributed by atoms with Crippen LogP contribution in [0.25, 0.3) is 110 Å². The molecule has 0 aliphatic carbocycles. The van der Waals surface area contributed by atoms with Gasteiger partial charge in [0.15, 0.2) is 0 Å². The van der Waals surface area contributed by atoms with Crippen molar-refractivity contribution in [3.63, 3.8) is 0 Å². The van der Waals surface area contributed by atoms with Crippen LogP contribution in [0.2, 0.25) is 0 Å². The second-order valence-corrected chi connectivity index (χ2v) is 18.4. The van der Waals surface area contributed by atoms with Crippen LogP contribution in [0.5, 0.6) is 0 Å². The molecular formula is C60H46N4. The first kappa shape index (κ1) is 36.8. The van der Waals surface area contributed by atoms with E-state index in [1.165, 1.54) is 132 Å². The van der Waals surface area contributed by atoms with Gasteiger partial charge in [0.05, 0.1) is 44.1 Å². The molecule has 0 spiro atoms. The molecule has 9 aromatic carbocycles. The maximum absolute atomic E-state index is 2.50. The van der Waals surface area contributed by atoms with Crippen molar-refractivity contribution in [1.82, 2.24) is 18.3 Å². The van der Waals surface area contributed by atoms with E-state index in [4.69, 9.17) is 0 Å². The predicted octanol–water partition coefficient (Wildman–Crippen LogP) is 15.9. The van der Waals surface area contributed by atoms with Gasteiger partial charge in [-0.15, -0.1) is 0 Å². The summed E-state index contributed by atoms with van der Waals surface area (Å²) in [6, 6.07) is 64.4. The fourth-order valence-electron chi connectivity index (χ4n) is 10.8. The molecule has 4 aromatic heterocycles. The summed E-state index contributed by atoms with van der Waals surface area (Å²) in [6.45, 7) is 13.1. The van der Waals surface area contributed by atoms with Crippen LogP contribution < -0.4 is 0 Å². The highest BCUT2D eigenvalue weighted by atomic mass is 15.0. The van der Waals surface area contributed by atoms with Gasteiger partial charge in [-0.05, 0) is 151 Å². The molecule has 306 valence electrons. The van der Waals surface area contributed by atoms with Crippen LogP contribution in [0, 0.1) is 41.5 Å². The van der Waals surface area contributed by atoms with E-state index in [-0.39, 0.29) is 0 Å². The highest BCUT2D eigenvalue weighted by Gasteiger charge is 2.23. The van der Waals surface area contributed by atoms with E-state index in [9.17, 15) is 0 Å². The minimum absolute atomic E-state index is 1.14. The number of hydrogen-bond donors (Lipinski definition) is 0. The van der Waals surface area contributed by atoms with Gasteiger partial charge in [0.25, 0.3) is 0 Å². The fourth-order valence-corrected chi connectivity index (χ4v) is 10.8. The minimum Gasteiger partial charge on any atom is -0.309 e. The fraction of sp³-hybridized carbons (Fsp3) is 0.100. The Labute approximate surface area is 371 Å². The summed E-state index contributed by atoms with van der Waals surface area (Å²) >= 11 is 0. The smallest absolute Gasteiger partial charge is 0.0641 e. The van der Waals surface area contributed by atoms with Gasteiger partial charge in [-0.3, -0.25) is 0 Å². The minimum atomic E-state index is 1.14. The molecular weight excluding hydrogens is 777 g/mol. The lowest BCUT2D eigenvalue weighted by atomic mass is 10.1. The molecule has 64 heavy (non-hydrogen) atoms. The van der Waals surface area contributed by atoms with Gasteiger partial charge in [0.2, 0.25) is 0 Å². The number of fused-ring (bicyclic) bond motifs is 13. The SMILES string of the molecule is Cc1ccc(-n2c3ccc(C)cc3c3cc4c(cc32)c2cc(-n3c5ccc(C)cc5c5c3ccc3c6cc(C)ccc6n(-c6ccc(C)cc6)c35)ccc2n4-c2ccc(C)cc2)cc1. The van der Waals surface area contributed by atoms with Gasteiger partial charge in [0.1, 0.15) is 0 Å². The van der Waals surface area contributed by atoms with E-state index in [2.05, 4.69) is 230 Å². The van der Waals surface area contributed by atoms with Crippen LogP contribution in [0.15, 0.2) is 170 Å². The summed E-state index contributed by atoms with van der Waals surface area (Å²) in [5, 5.41) is 10.1. The molecule has 0 aliphatic rings. The van der Waals surface area contributed by atoms with Gasteiger partial charge in [-0.1, -0.05) is 94.0 Å². The van der Waals surface area contributed by atoms with Gasteiger partial charge in [-0.2, -0.15) is 0 Å². The maximum Gasteiger partial charge on any atom is 0.0641 e. The summed E-state index contributed by atoms with van der Waals surface area (Å²) in [5.41, 5.74) is 21.8. The van der Waals surface area contributed by atoms with Crippen LogP contribution in [0.1, 0.15) is 33.4 Å². The maximum atomic E-state index is 2.50. The molecule has 4 nitrogen and oxygen atoms in total. The van der Waals surface area contributed by atoms with Gasteiger partial charge in [0, 0.05) is 65.8 Å². The normalized spacial score (nSPS) is 12.2. The topological polar surface area (TPSA) is 19.7 Å². The van der Waals surface area contributed by atoms with E-state index >= 15 is 0 Å². The van der Waals surface area contributed by atoms with E-state index < -0.39 is 0 Å². The second-order valence-electron chi connectivity index (χ2n) is 18.4. The van der Waals surface area contributed by atoms with Crippen LogP contribution >= 0.6 is 0 Å². The average Bonchev–Trinajstić information content (AvgIpc) is 4.00. The number of hydrogen-bond acceptors (Lipinski definition) is 0. The van der Waals surface area contributed by atoms with Crippen molar-refractivity contribution >= 4 is 87.2 Å². The molecule has 0 aliphatic heterocycles. The van der Waals surface area contributed by atoms with Crippen LogP contribution in [-0.4, -0.2) is 18.3 Å². The Balaban J connectivity index is 1.15. The highest BCUT2D eigenvalue weighted by Crippen LogP contribution is 2.45. The molecule has 0 unspecified atom stereocenters. The largest absolute Gasteiger partial charge is 0.309 e. The Kier molecular flexibility index (Phi) is 7.67. The first-order valence-electron chi connectivity index (χ1n) is 22.4. The van der Waals surface area contributed by atoms with E-state index in [1.807, 2.05) is 0 Å². The van der Waals surface area contributed by atoms with Gasteiger partial charge >= 0.3 is 0 Å². The zero-order valence-corrected chi connectivity index (χ0v) is 37.0. The second kappa shape index (κ2) is 13.3. The van der Waals surface area contributed by atoms with Gasteiger partial charge in [-0.25, -0.2) is 0 Å². The summed E-state index contributed by atoms with van der Waals surface area (Å²) in [5.74, 6) is 0. The van der Waals surface area contributed by atoms with Crippen molar-refractivity contribution in [2.24, 2.45) is 0 Å². The summed E-state index contributed by atoms with van der Waals surface area (Å²) in [7, 11) is 0. The molecule has 0 saturated heterocycles. The van der Waals surface area contributed by atoms with E-state index in [1.54, 1.807) is 0 Å². The van der Waals surface area contributed by atoms with Crippen LogP contribution in [0.3, 0.4) is 0 Å². The summed E-state index contributed by atoms with van der Waals surface area (Å²) < 4.78 is 9.93. The van der Waals surface area contributed by atoms with Crippen molar-refractivity contribution in [2.75, 3.05) is 0 Å². The molecule has 0 N–H and O–H groups in total. The predicted molar refractivity (Wildman–Crippen MR) is 272 cm³/mol. The number of rotatable bonds is 4. The monoisotopic (exact) mass is 822 g/mol. The zero-order chi connectivity index (χ0) is 43.1. The molecule has 4 heteroatoms. The van der Waals surface area contributed by atoms with Crippen molar-refractivity contribution < 1.29 is 0 Å². The molecule has 13 aromatic rings. The summed E-state index contributed by atoms with van der Waals surface area (Å²) in [6.07, 6.45) is 0. The quantitative estimate of drug-likeness (QED) is 0.168. The van der Waals surface area contributed by atoms with E-state index in [0.717, 1.165) is 11.4 Å². The Bertz CT molecular complexity index is 4090. The highest BCUT2D eigenvalue weighted by molar-refractivity contribution is 6.27. The molecule has 0 bridgehead atoms. The average molecular weight is 823 g/mol. The lowest BCUT2D eigenvalue weighted by Gasteiger charge is -2.11. The Morgan fingerprint density at radius 1 is 0.219 bits per heavy atom. The third kappa shape index (κ3) is 5.23. The molecule has 0 radical (unpaired) electrons. The third-order valence-electron chi connectivity index (χ3n) is 13.9. The van der Waals surface area contributed by atoms with Crippen molar-refractivity contribution in [3.05, 3.63) is 203 Å². The Morgan fingerprint density at radius 2 is 0.547 bits per heavy atom. The van der Waals surface area contributed by atoms with Crippen molar-refractivity contribution in [1.29, 1.82) is 0 Å². The molecule has 4 heterocycles. The molecule has 0 atom stereocenters. The molecule has 0 fully saturated rings. The Morgan fingerprint density at radius 3 is 1.06 bits per heavy atom. The molecule has 0 saturated carbocycles. The first-order chi connectivity index (χ1) is 31.2. The Hall–Kier alpha value is -7.82.